The Morgan fingerprint density at radius 3 is 2.75 bits per heavy atom. The maximum absolute atomic E-state index is 13.1. The average Bonchev–Trinajstić information content (AvgIpc) is 2.25. The van der Waals surface area contributed by atoms with Gasteiger partial charge in [0.15, 0.2) is 0 Å². The molecule has 0 spiro atoms. The van der Waals surface area contributed by atoms with Gasteiger partial charge in [0.25, 0.3) is 0 Å². The molecule has 3 nitrogen and oxygen atoms in total. The van der Waals surface area contributed by atoms with Crippen LogP contribution in [0.4, 0.5) is 10.1 Å². The van der Waals surface area contributed by atoms with Crippen LogP contribution in [0.2, 0.25) is 0 Å². The van der Waals surface area contributed by atoms with E-state index in [1.807, 2.05) is 4.90 Å². The first kappa shape index (κ1) is 12.5. The van der Waals surface area contributed by atoms with Crippen LogP contribution in [0, 0.1) is 5.82 Å². The Morgan fingerprint density at radius 2 is 2.19 bits per heavy atom. The summed E-state index contributed by atoms with van der Waals surface area (Å²) >= 11 is 0. The van der Waals surface area contributed by atoms with Gasteiger partial charge in [0, 0.05) is 26.1 Å². The average molecular weight is 225 g/mol. The van der Waals surface area contributed by atoms with Crippen molar-refractivity contribution in [1.82, 2.24) is 0 Å². The lowest BCUT2D eigenvalue weighted by Crippen LogP contribution is -2.21. The van der Waals surface area contributed by atoms with E-state index in [0.717, 1.165) is 0 Å². The molecule has 0 radical (unpaired) electrons. The molecule has 4 heteroatoms. The van der Waals surface area contributed by atoms with E-state index >= 15 is 0 Å². The summed E-state index contributed by atoms with van der Waals surface area (Å²) in [5.74, 6) is 0.403. The molecule has 0 saturated heterocycles. The fourth-order valence-electron chi connectivity index (χ4n) is 1.41. The maximum atomic E-state index is 13.1. The van der Waals surface area contributed by atoms with Crippen LogP contribution in [0.3, 0.4) is 0 Å². The number of carbonyl (C=O) groups excluding carboxylic acids is 1. The van der Waals surface area contributed by atoms with Crippen molar-refractivity contribution in [1.29, 1.82) is 0 Å². The molecule has 0 aliphatic carbocycles. The van der Waals surface area contributed by atoms with Crippen LogP contribution in [0.15, 0.2) is 18.2 Å². The van der Waals surface area contributed by atoms with Gasteiger partial charge in [0.2, 0.25) is 0 Å². The third-order valence-electron chi connectivity index (χ3n) is 2.35. The Morgan fingerprint density at radius 1 is 1.50 bits per heavy atom. The van der Waals surface area contributed by atoms with Crippen LogP contribution in [-0.4, -0.2) is 26.5 Å². The largest absolute Gasteiger partial charge is 0.495 e. The summed E-state index contributed by atoms with van der Waals surface area (Å²) in [4.78, 5) is 12.7. The predicted molar refractivity (Wildman–Crippen MR) is 61.5 cm³/mol. The van der Waals surface area contributed by atoms with Gasteiger partial charge in [-0.2, -0.15) is 0 Å². The highest BCUT2D eigenvalue weighted by Gasteiger charge is 2.09. The summed E-state index contributed by atoms with van der Waals surface area (Å²) in [6, 6.07) is 4.33. The molecule has 1 aromatic carbocycles. The van der Waals surface area contributed by atoms with E-state index in [0.29, 0.717) is 24.4 Å². The topological polar surface area (TPSA) is 29.5 Å². The van der Waals surface area contributed by atoms with Gasteiger partial charge in [-0.15, -0.1) is 0 Å². The van der Waals surface area contributed by atoms with Gasteiger partial charge in [0.1, 0.15) is 17.3 Å². The van der Waals surface area contributed by atoms with Crippen LogP contribution >= 0.6 is 0 Å². The molecule has 0 saturated carbocycles. The number of nitrogens with zero attached hydrogens (tertiary/aromatic N) is 1. The summed E-state index contributed by atoms with van der Waals surface area (Å²) in [6.45, 7) is 2.09. The van der Waals surface area contributed by atoms with Gasteiger partial charge in [0.05, 0.1) is 12.8 Å². The lowest BCUT2D eigenvalue weighted by molar-refractivity contribution is -0.116. The number of halogens is 1. The normalized spacial score (nSPS) is 10.0. The van der Waals surface area contributed by atoms with Crippen molar-refractivity contribution in [3.8, 4) is 5.75 Å². The minimum Gasteiger partial charge on any atom is -0.495 e. The van der Waals surface area contributed by atoms with Crippen molar-refractivity contribution < 1.29 is 13.9 Å². The zero-order valence-corrected chi connectivity index (χ0v) is 9.79. The molecule has 0 fully saturated rings. The number of hydrogen-bond donors (Lipinski definition) is 0. The zero-order valence-electron chi connectivity index (χ0n) is 9.79. The Kier molecular flexibility index (Phi) is 4.28. The molecule has 1 rings (SSSR count). The summed E-state index contributed by atoms with van der Waals surface area (Å²) < 4.78 is 18.2. The van der Waals surface area contributed by atoms with Gasteiger partial charge >= 0.3 is 0 Å². The second-order valence-electron chi connectivity index (χ2n) is 3.69. The molecule has 1 aromatic rings. The van der Waals surface area contributed by atoms with Gasteiger partial charge in [-0.3, -0.25) is 4.79 Å². The van der Waals surface area contributed by atoms with E-state index in [1.54, 1.807) is 13.1 Å². The second kappa shape index (κ2) is 5.49. The van der Waals surface area contributed by atoms with Crippen molar-refractivity contribution >= 4 is 11.5 Å². The summed E-state index contributed by atoms with van der Waals surface area (Å²) in [5.41, 5.74) is 0.656. The number of benzene rings is 1. The Hall–Kier alpha value is -1.58. The van der Waals surface area contributed by atoms with Crippen molar-refractivity contribution in [3.63, 3.8) is 0 Å². The SMILES string of the molecule is COc1ccc(F)cc1N(C)CCC(C)=O. The summed E-state index contributed by atoms with van der Waals surface area (Å²) in [5, 5.41) is 0. The van der Waals surface area contributed by atoms with Crippen molar-refractivity contribution in [3.05, 3.63) is 24.0 Å². The third kappa shape index (κ3) is 3.22. The van der Waals surface area contributed by atoms with Crippen LogP contribution in [0.5, 0.6) is 5.75 Å². The van der Waals surface area contributed by atoms with Gasteiger partial charge < -0.3 is 9.64 Å². The summed E-state index contributed by atoms with van der Waals surface area (Å²) in [6.07, 6.45) is 0.441. The van der Waals surface area contributed by atoms with E-state index in [9.17, 15) is 9.18 Å². The van der Waals surface area contributed by atoms with Crippen LogP contribution in [0.25, 0.3) is 0 Å². The first-order chi connectivity index (χ1) is 7.54. The van der Waals surface area contributed by atoms with Crippen LogP contribution < -0.4 is 9.64 Å². The minimum absolute atomic E-state index is 0.113. The molecule has 0 unspecified atom stereocenters. The summed E-state index contributed by atoms with van der Waals surface area (Å²) in [7, 11) is 3.34. The molecule has 0 heterocycles. The van der Waals surface area contributed by atoms with Crippen LogP contribution in [-0.2, 0) is 4.79 Å². The monoisotopic (exact) mass is 225 g/mol. The molecule has 88 valence electrons. The Labute approximate surface area is 94.8 Å². The Bertz CT molecular complexity index is 379. The number of methoxy groups -OCH3 is 1. The minimum atomic E-state index is -0.314. The molecular weight excluding hydrogens is 209 g/mol. The van der Waals surface area contributed by atoms with Crippen molar-refractivity contribution in [2.45, 2.75) is 13.3 Å². The molecular formula is C12H16FNO2. The number of rotatable bonds is 5. The number of hydrogen-bond acceptors (Lipinski definition) is 3. The van der Waals surface area contributed by atoms with E-state index in [-0.39, 0.29) is 11.6 Å². The molecule has 0 aliphatic rings. The molecule has 0 aromatic heterocycles. The zero-order chi connectivity index (χ0) is 12.1. The number of carbonyl (C=O) groups is 1. The van der Waals surface area contributed by atoms with E-state index in [1.165, 1.54) is 26.2 Å². The highest BCUT2D eigenvalue weighted by molar-refractivity contribution is 5.76. The lowest BCUT2D eigenvalue weighted by atomic mass is 10.2. The quantitative estimate of drug-likeness (QED) is 0.769. The lowest BCUT2D eigenvalue weighted by Gasteiger charge is -2.21. The number of Topliss-reactive ketones (excluding diaryl/α,β-unsaturated/α-hetero) is 1. The number of ketones is 1. The standard InChI is InChI=1S/C12H16FNO2/c1-9(15)6-7-14(2)11-8-10(13)4-5-12(11)16-3/h4-5,8H,6-7H2,1-3H3. The number of ether oxygens (including phenoxy) is 1. The van der Waals surface area contributed by atoms with Crippen LogP contribution in [0.1, 0.15) is 13.3 Å². The van der Waals surface area contributed by atoms with E-state index in [4.69, 9.17) is 4.74 Å². The Balaban J connectivity index is 2.84. The predicted octanol–water partition coefficient (Wildman–Crippen LogP) is 2.25. The molecule has 0 bridgehead atoms. The molecule has 0 N–H and O–H groups in total. The van der Waals surface area contributed by atoms with Gasteiger partial charge in [-0.05, 0) is 19.1 Å². The molecule has 16 heavy (non-hydrogen) atoms. The smallest absolute Gasteiger partial charge is 0.142 e. The fraction of sp³-hybridized carbons (Fsp3) is 0.417. The van der Waals surface area contributed by atoms with Gasteiger partial charge in [-0.1, -0.05) is 0 Å². The van der Waals surface area contributed by atoms with E-state index in [2.05, 4.69) is 0 Å². The first-order valence-corrected chi connectivity index (χ1v) is 5.08. The highest BCUT2D eigenvalue weighted by atomic mass is 19.1. The van der Waals surface area contributed by atoms with E-state index < -0.39 is 0 Å². The number of anilines is 1. The first-order valence-electron chi connectivity index (χ1n) is 5.08. The molecule has 0 atom stereocenters. The molecule has 0 amide bonds. The van der Waals surface area contributed by atoms with Crippen molar-refractivity contribution in [2.24, 2.45) is 0 Å². The van der Waals surface area contributed by atoms with Crippen molar-refractivity contribution in [2.75, 3.05) is 25.6 Å². The molecule has 0 aliphatic heterocycles. The van der Waals surface area contributed by atoms with Gasteiger partial charge in [-0.25, -0.2) is 4.39 Å². The highest BCUT2D eigenvalue weighted by Crippen LogP contribution is 2.27. The third-order valence-corrected chi connectivity index (χ3v) is 2.35. The maximum Gasteiger partial charge on any atom is 0.142 e. The fourth-order valence-corrected chi connectivity index (χ4v) is 1.41. The second-order valence-corrected chi connectivity index (χ2v) is 3.69.